The largest absolute Gasteiger partial charge is 0.475 e. The average Bonchev–Trinajstić information content (AvgIpc) is 2.26. The van der Waals surface area contributed by atoms with Gasteiger partial charge < -0.3 is 15.4 Å². The summed E-state index contributed by atoms with van der Waals surface area (Å²) in [5, 5.41) is 0. The second-order valence-corrected chi connectivity index (χ2v) is 5.18. The molecule has 0 amide bonds. The summed E-state index contributed by atoms with van der Waals surface area (Å²) in [7, 11) is 4.07. The number of ether oxygens (including phenoxy) is 1. The van der Waals surface area contributed by atoms with Crippen LogP contribution >= 0.6 is 0 Å². The lowest BCUT2D eigenvalue weighted by Gasteiger charge is -2.32. The van der Waals surface area contributed by atoms with Crippen LogP contribution in [0.2, 0.25) is 0 Å². The molecule has 1 rings (SSSR count). The Kier molecular flexibility index (Phi) is 4.48. The van der Waals surface area contributed by atoms with E-state index >= 15 is 0 Å². The van der Waals surface area contributed by atoms with Crippen molar-refractivity contribution in [2.75, 3.05) is 20.7 Å². The Morgan fingerprint density at radius 1 is 1.47 bits per heavy atom. The maximum absolute atomic E-state index is 5.88. The van der Waals surface area contributed by atoms with Crippen LogP contribution in [0.1, 0.15) is 32.4 Å². The fourth-order valence-corrected chi connectivity index (χ4v) is 1.24. The minimum absolute atomic E-state index is 0.0351. The zero-order chi connectivity index (χ0) is 13.1. The van der Waals surface area contributed by atoms with Crippen molar-refractivity contribution in [2.45, 2.75) is 32.4 Å². The molecule has 96 valence electrons. The van der Waals surface area contributed by atoms with E-state index in [9.17, 15) is 0 Å². The Hall–Kier alpha value is -1.13. The summed E-state index contributed by atoms with van der Waals surface area (Å²) >= 11 is 0. The minimum atomic E-state index is -0.0684. The highest BCUT2D eigenvalue weighted by Crippen LogP contribution is 2.22. The van der Waals surface area contributed by atoms with Crippen LogP contribution < -0.4 is 10.5 Å². The van der Waals surface area contributed by atoms with Gasteiger partial charge in [0, 0.05) is 23.3 Å². The van der Waals surface area contributed by atoms with Gasteiger partial charge in [0.25, 0.3) is 0 Å². The fourth-order valence-electron chi connectivity index (χ4n) is 1.24. The third-order valence-electron chi connectivity index (χ3n) is 3.06. The van der Waals surface area contributed by atoms with Crippen LogP contribution in [0.3, 0.4) is 0 Å². The highest BCUT2D eigenvalue weighted by atomic mass is 16.5. The number of pyridine rings is 1. The van der Waals surface area contributed by atoms with Crippen LogP contribution in [0.4, 0.5) is 0 Å². The van der Waals surface area contributed by atoms with E-state index in [4.69, 9.17) is 10.5 Å². The predicted octanol–water partition coefficient (Wildman–Crippen LogP) is 1.82. The monoisotopic (exact) mass is 237 g/mol. The van der Waals surface area contributed by atoms with E-state index in [0.717, 1.165) is 5.56 Å². The van der Waals surface area contributed by atoms with E-state index in [1.165, 1.54) is 0 Å². The van der Waals surface area contributed by atoms with Gasteiger partial charge >= 0.3 is 0 Å². The number of rotatable bonds is 5. The second kappa shape index (κ2) is 5.47. The molecule has 0 aliphatic rings. The summed E-state index contributed by atoms with van der Waals surface area (Å²) in [6.07, 6.45) is 1.73. The molecule has 4 nitrogen and oxygen atoms in total. The molecule has 0 aliphatic carbocycles. The lowest BCUT2D eigenvalue weighted by atomic mass is 10.1. The summed E-state index contributed by atoms with van der Waals surface area (Å²) in [6.45, 7) is 6.76. The Morgan fingerprint density at radius 3 is 2.65 bits per heavy atom. The van der Waals surface area contributed by atoms with Crippen LogP contribution in [0, 0.1) is 0 Å². The van der Waals surface area contributed by atoms with Crippen LogP contribution in [-0.2, 0) is 0 Å². The third kappa shape index (κ3) is 3.68. The van der Waals surface area contributed by atoms with Crippen molar-refractivity contribution in [1.29, 1.82) is 0 Å². The highest BCUT2D eigenvalue weighted by molar-refractivity contribution is 5.28. The third-order valence-corrected chi connectivity index (χ3v) is 3.06. The van der Waals surface area contributed by atoms with Crippen molar-refractivity contribution >= 4 is 0 Å². The number of hydrogen-bond donors (Lipinski definition) is 1. The zero-order valence-corrected chi connectivity index (χ0v) is 11.4. The van der Waals surface area contributed by atoms with Gasteiger partial charge in [0.2, 0.25) is 5.88 Å². The Bertz CT molecular complexity index is 361. The first kappa shape index (κ1) is 13.9. The van der Waals surface area contributed by atoms with E-state index < -0.39 is 0 Å². The molecular weight excluding hydrogens is 214 g/mol. The number of hydrogen-bond acceptors (Lipinski definition) is 4. The van der Waals surface area contributed by atoms with Crippen molar-refractivity contribution in [3.63, 3.8) is 0 Å². The SMILES string of the molecule is C[C@H](N)c1cccnc1OCC(C)(C)N(C)C. The smallest absolute Gasteiger partial charge is 0.218 e. The molecule has 0 aromatic carbocycles. The lowest BCUT2D eigenvalue weighted by molar-refractivity contribution is 0.110. The van der Waals surface area contributed by atoms with Gasteiger partial charge in [0.15, 0.2) is 0 Å². The van der Waals surface area contributed by atoms with Gasteiger partial charge in [-0.25, -0.2) is 4.98 Å². The lowest BCUT2D eigenvalue weighted by Crippen LogP contribution is -2.43. The fraction of sp³-hybridized carbons (Fsp3) is 0.615. The standard InChI is InChI=1S/C13H23N3O/c1-10(14)11-7-6-8-15-12(11)17-9-13(2,3)16(4)5/h6-8,10H,9,14H2,1-5H3/t10-/m0/s1. The molecule has 4 heteroatoms. The van der Waals surface area contributed by atoms with Gasteiger partial charge in [-0.2, -0.15) is 0 Å². The number of nitrogens with two attached hydrogens (primary N) is 1. The average molecular weight is 237 g/mol. The number of nitrogens with zero attached hydrogens (tertiary/aromatic N) is 2. The maximum atomic E-state index is 5.88. The summed E-state index contributed by atoms with van der Waals surface area (Å²) in [5.41, 5.74) is 6.79. The van der Waals surface area contributed by atoms with Crippen LogP contribution in [0.25, 0.3) is 0 Å². The van der Waals surface area contributed by atoms with Crippen molar-refractivity contribution in [2.24, 2.45) is 5.73 Å². The zero-order valence-electron chi connectivity index (χ0n) is 11.4. The van der Waals surface area contributed by atoms with E-state index in [-0.39, 0.29) is 11.6 Å². The van der Waals surface area contributed by atoms with Gasteiger partial charge in [-0.1, -0.05) is 6.07 Å². The predicted molar refractivity (Wildman–Crippen MR) is 70.1 cm³/mol. The molecule has 0 radical (unpaired) electrons. The van der Waals surface area contributed by atoms with Crippen molar-refractivity contribution in [3.8, 4) is 5.88 Å². The minimum Gasteiger partial charge on any atom is -0.475 e. The summed E-state index contributed by atoms with van der Waals surface area (Å²) in [6, 6.07) is 3.76. The van der Waals surface area contributed by atoms with Gasteiger partial charge in [0.1, 0.15) is 6.61 Å². The van der Waals surface area contributed by atoms with Gasteiger partial charge in [0.05, 0.1) is 0 Å². The molecule has 0 fully saturated rings. The number of likely N-dealkylation sites (N-methyl/N-ethyl adjacent to an activating group) is 1. The van der Waals surface area contributed by atoms with E-state index in [1.54, 1.807) is 6.20 Å². The molecule has 0 unspecified atom stereocenters. The van der Waals surface area contributed by atoms with Crippen LogP contribution in [-0.4, -0.2) is 36.1 Å². The molecule has 0 bridgehead atoms. The molecule has 0 spiro atoms. The highest BCUT2D eigenvalue weighted by Gasteiger charge is 2.22. The van der Waals surface area contributed by atoms with E-state index in [2.05, 4.69) is 23.7 Å². The summed E-state index contributed by atoms with van der Waals surface area (Å²) < 4.78 is 5.79. The summed E-state index contributed by atoms with van der Waals surface area (Å²) in [5.74, 6) is 0.637. The van der Waals surface area contributed by atoms with Crippen molar-refractivity contribution in [1.82, 2.24) is 9.88 Å². The molecular formula is C13H23N3O. The molecule has 1 aromatic rings. The van der Waals surface area contributed by atoms with Crippen molar-refractivity contribution in [3.05, 3.63) is 23.9 Å². The molecule has 1 aromatic heterocycles. The first-order valence-electron chi connectivity index (χ1n) is 5.85. The van der Waals surface area contributed by atoms with Crippen molar-refractivity contribution < 1.29 is 4.74 Å². The second-order valence-electron chi connectivity index (χ2n) is 5.18. The topological polar surface area (TPSA) is 51.4 Å². The molecule has 2 N–H and O–H groups in total. The maximum Gasteiger partial charge on any atom is 0.218 e. The Morgan fingerprint density at radius 2 is 2.12 bits per heavy atom. The number of aromatic nitrogens is 1. The van der Waals surface area contributed by atoms with Crippen LogP contribution in [0.15, 0.2) is 18.3 Å². The quantitative estimate of drug-likeness (QED) is 0.848. The Balaban J connectivity index is 2.76. The molecule has 0 aliphatic heterocycles. The van der Waals surface area contributed by atoms with Crippen LogP contribution in [0.5, 0.6) is 5.88 Å². The van der Waals surface area contributed by atoms with E-state index in [1.807, 2.05) is 33.2 Å². The Labute approximate surface area is 104 Å². The molecule has 0 saturated heterocycles. The summed E-state index contributed by atoms with van der Waals surface area (Å²) in [4.78, 5) is 6.37. The molecule has 1 heterocycles. The van der Waals surface area contributed by atoms with Gasteiger partial charge in [-0.05, 0) is 40.9 Å². The molecule has 17 heavy (non-hydrogen) atoms. The van der Waals surface area contributed by atoms with Gasteiger partial charge in [-0.15, -0.1) is 0 Å². The van der Waals surface area contributed by atoms with E-state index in [0.29, 0.717) is 12.5 Å². The first-order chi connectivity index (χ1) is 7.84. The normalized spacial score (nSPS) is 13.8. The van der Waals surface area contributed by atoms with Gasteiger partial charge in [-0.3, -0.25) is 0 Å². The first-order valence-corrected chi connectivity index (χ1v) is 5.85. The molecule has 0 saturated carbocycles. The molecule has 1 atom stereocenters.